The lowest BCUT2D eigenvalue weighted by molar-refractivity contribution is -0.139. The molecule has 4 N–H and O–H groups in total. The summed E-state index contributed by atoms with van der Waals surface area (Å²) in [5.41, 5.74) is 4.81. The molecule has 214 valence electrons. The van der Waals surface area contributed by atoms with Crippen molar-refractivity contribution in [3.63, 3.8) is 0 Å². The largest absolute Gasteiger partial charge is 0.481 e. The highest BCUT2D eigenvalue weighted by atomic mass is 19.1. The Morgan fingerprint density at radius 1 is 0.829 bits per heavy atom. The number of hydrogen-bond acceptors (Lipinski definition) is 4. The Kier molecular flexibility index (Phi) is 9.70. The molecule has 0 bridgehead atoms. The number of halogens is 1. The highest BCUT2D eigenvalue weighted by molar-refractivity contribution is 6.11. The van der Waals surface area contributed by atoms with Gasteiger partial charge >= 0.3 is 5.97 Å². The number of nitrogens with one attached hydrogen (secondary N) is 1. The van der Waals surface area contributed by atoms with Crippen molar-refractivity contribution >= 4 is 17.6 Å². The molecule has 0 radical (unpaired) electrons. The van der Waals surface area contributed by atoms with Gasteiger partial charge in [-0.2, -0.15) is 0 Å². The monoisotopic (exact) mass is 558 g/mol. The number of carbonyl (C=O) groups excluding carboxylic acids is 1. The molecule has 0 aliphatic rings. The van der Waals surface area contributed by atoms with Gasteiger partial charge < -0.3 is 25.2 Å². The van der Waals surface area contributed by atoms with Gasteiger partial charge in [0.15, 0.2) is 0 Å². The Labute approximate surface area is 238 Å². The fraction of sp³-hybridized carbons (Fsp3) is 0.273. The zero-order valence-corrected chi connectivity index (χ0v) is 23.1. The third kappa shape index (κ3) is 7.28. The first kappa shape index (κ1) is 29.7. The van der Waals surface area contributed by atoms with Crippen LogP contribution in [0, 0.1) is 5.82 Å². The molecule has 0 aliphatic heterocycles. The maximum atomic E-state index is 14.0. The van der Waals surface area contributed by atoms with Crippen molar-refractivity contribution in [3.8, 4) is 22.3 Å². The summed E-state index contributed by atoms with van der Waals surface area (Å²) in [7, 11) is 0. The number of aliphatic hydroxyl groups is 2. The topological polar surface area (TPSA) is 112 Å². The lowest BCUT2D eigenvalue weighted by Crippen LogP contribution is -2.22. The molecule has 1 amide bonds. The second-order valence-electron chi connectivity index (χ2n) is 10.4. The number of hydrogen-bond donors (Lipinski definition) is 4. The van der Waals surface area contributed by atoms with Crippen molar-refractivity contribution < 1.29 is 29.3 Å². The molecule has 8 heteroatoms. The molecule has 1 heterocycles. The summed E-state index contributed by atoms with van der Waals surface area (Å²) in [5, 5.41) is 32.8. The zero-order valence-electron chi connectivity index (χ0n) is 23.1. The maximum absolute atomic E-state index is 14.0. The standard InChI is InChI=1S/C33H35FN2O5/c1-21(2)36-28(18-17-26(37)19-27(38)20-29(39)40)30(23-13-15-24(34)16-14-23)31(22-9-5-3-6-10-22)32(36)33(41)35-25-11-7-4-8-12-25/h3-16,21,26-27,37-38H,17-20H2,1-2H3,(H,35,41)(H,39,40)/t26-,27-/m1/s1. The van der Waals surface area contributed by atoms with Gasteiger partial charge in [0.25, 0.3) is 5.91 Å². The third-order valence-electron chi connectivity index (χ3n) is 6.93. The van der Waals surface area contributed by atoms with Gasteiger partial charge in [-0.05, 0) is 68.5 Å². The second-order valence-corrected chi connectivity index (χ2v) is 10.4. The molecule has 0 spiro atoms. The number of aliphatic hydroxyl groups excluding tert-OH is 2. The van der Waals surface area contributed by atoms with Crippen molar-refractivity contribution in [3.05, 3.63) is 102 Å². The van der Waals surface area contributed by atoms with Crippen molar-refractivity contribution in [1.82, 2.24) is 4.57 Å². The van der Waals surface area contributed by atoms with Gasteiger partial charge in [-0.15, -0.1) is 0 Å². The summed E-state index contributed by atoms with van der Waals surface area (Å²) in [6.45, 7) is 3.94. The Morgan fingerprint density at radius 3 is 2.00 bits per heavy atom. The molecule has 0 fully saturated rings. The van der Waals surface area contributed by atoms with E-state index in [0.29, 0.717) is 28.9 Å². The van der Waals surface area contributed by atoms with E-state index >= 15 is 0 Å². The quantitative estimate of drug-likeness (QED) is 0.163. The van der Waals surface area contributed by atoms with E-state index in [2.05, 4.69) is 5.32 Å². The number of benzene rings is 3. The number of carboxylic acid groups (broad SMARTS) is 1. The molecular formula is C33H35FN2O5. The zero-order chi connectivity index (χ0) is 29.5. The Hall–Kier alpha value is -4.27. The van der Waals surface area contributed by atoms with E-state index in [9.17, 15) is 24.2 Å². The van der Waals surface area contributed by atoms with Crippen LogP contribution >= 0.6 is 0 Å². The number of carboxylic acids is 1. The maximum Gasteiger partial charge on any atom is 0.305 e. The predicted molar refractivity (Wildman–Crippen MR) is 157 cm³/mol. The van der Waals surface area contributed by atoms with E-state index in [1.807, 2.05) is 79.1 Å². The fourth-order valence-electron chi connectivity index (χ4n) is 5.22. The Morgan fingerprint density at radius 2 is 1.41 bits per heavy atom. The first-order valence-electron chi connectivity index (χ1n) is 13.7. The van der Waals surface area contributed by atoms with Crippen LogP contribution in [0.2, 0.25) is 0 Å². The van der Waals surface area contributed by atoms with Crippen LogP contribution in [0.1, 0.15) is 55.3 Å². The van der Waals surface area contributed by atoms with Gasteiger partial charge in [-0.3, -0.25) is 9.59 Å². The first-order valence-corrected chi connectivity index (χ1v) is 13.7. The summed E-state index contributed by atoms with van der Waals surface area (Å²) in [5.74, 6) is -1.83. The average Bonchev–Trinajstić information content (AvgIpc) is 3.28. The SMILES string of the molecule is CC(C)n1c(CC[C@@H](O)C[C@@H](O)CC(=O)O)c(-c2ccc(F)cc2)c(-c2ccccc2)c1C(=O)Nc1ccccc1. The van der Waals surface area contributed by atoms with Crippen LogP contribution in [-0.4, -0.2) is 44.0 Å². The number of aromatic nitrogens is 1. The molecule has 4 rings (SSSR count). The van der Waals surface area contributed by atoms with Crippen molar-refractivity contribution in [2.45, 2.75) is 57.8 Å². The van der Waals surface area contributed by atoms with Gasteiger partial charge in [0, 0.05) is 28.6 Å². The predicted octanol–water partition coefficient (Wildman–Crippen LogP) is 6.31. The summed E-state index contributed by atoms with van der Waals surface area (Å²) in [4.78, 5) is 25.0. The number of amides is 1. The van der Waals surface area contributed by atoms with Gasteiger partial charge in [0.2, 0.25) is 0 Å². The fourth-order valence-corrected chi connectivity index (χ4v) is 5.22. The average molecular weight is 559 g/mol. The third-order valence-corrected chi connectivity index (χ3v) is 6.93. The van der Waals surface area contributed by atoms with Gasteiger partial charge in [-0.25, -0.2) is 4.39 Å². The van der Waals surface area contributed by atoms with Crippen LogP contribution in [0.4, 0.5) is 10.1 Å². The van der Waals surface area contributed by atoms with E-state index in [4.69, 9.17) is 5.11 Å². The van der Waals surface area contributed by atoms with E-state index in [1.165, 1.54) is 12.1 Å². The molecule has 7 nitrogen and oxygen atoms in total. The molecule has 0 saturated heterocycles. The van der Waals surface area contributed by atoms with E-state index in [1.54, 1.807) is 12.1 Å². The van der Waals surface area contributed by atoms with Crippen LogP contribution in [0.15, 0.2) is 84.9 Å². The Bertz CT molecular complexity index is 1470. The number of para-hydroxylation sites is 1. The van der Waals surface area contributed by atoms with Crippen molar-refractivity contribution in [2.24, 2.45) is 0 Å². The van der Waals surface area contributed by atoms with E-state index in [0.717, 1.165) is 16.8 Å². The minimum atomic E-state index is -1.18. The summed E-state index contributed by atoms with van der Waals surface area (Å²) in [6, 6.07) is 24.6. The number of anilines is 1. The highest BCUT2D eigenvalue weighted by Crippen LogP contribution is 2.42. The van der Waals surface area contributed by atoms with Gasteiger partial charge in [0.1, 0.15) is 11.5 Å². The van der Waals surface area contributed by atoms with Gasteiger partial charge in [-0.1, -0.05) is 60.7 Å². The van der Waals surface area contributed by atoms with E-state index in [-0.39, 0.29) is 30.6 Å². The summed E-state index contributed by atoms with van der Waals surface area (Å²) < 4.78 is 16.0. The molecule has 41 heavy (non-hydrogen) atoms. The summed E-state index contributed by atoms with van der Waals surface area (Å²) in [6.07, 6.45) is -2.15. The Balaban J connectivity index is 1.89. The van der Waals surface area contributed by atoms with E-state index < -0.39 is 24.6 Å². The van der Waals surface area contributed by atoms with Crippen LogP contribution in [0.5, 0.6) is 0 Å². The van der Waals surface area contributed by atoms with Crippen LogP contribution < -0.4 is 5.32 Å². The molecule has 0 aliphatic carbocycles. The number of nitrogens with zero attached hydrogens (tertiary/aromatic N) is 1. The lowest BCUT2D eigenvalue weighted by atomic mass is 9.92. The van der Waals surface area contributed by atoms with Crippen molar-refractivity contribution in [2.75, 3.05) is 5.32 Å². The minimum Gasteiger partial charge on any atom is -0.481 e. The molecule has 1 aromatic heterocycles. The van der Waals surface area contributed by atoms with Crippen LogP contribution in [0.3, 0.4) is 0 Å². The normalized spacial score (nSPS) is 12.7. The second kappa shape index (κ2) is 13.4. The highest BCUT2D eigenvalue weighted by Gasteiger charge is 2.30. The molecule has 2 atom stereocenters. The minimum absolute atomic E-state index is 0.0898. The van der Waals surface area contributed by atoms with Crippen molar-refractivity contribution in [1.29, 1.82) is 0 Å². The number of aliphatic carboxylic acids is 1. The first-order chi connectivity index (χ1) is 19.7. The lowest BCUT2D eigenvalue weighted by Gasteiger charge is -2.20. The molecule has 0 unspecified atom stereocenters. The van der Waals surface area contributed by atoms with Crippen LogP contribution in [-0.2, 0) is 11.2 Å². The smallest absolute Gasteiger partial charge is 0.305 e. The van der Waals surface area contributed by atoms with Crippen LogP contribution in [0.25, 0.3) is 22.3 Å². The van der Waals surface area contributed by atoms with Gasteiger partial charge in [0.05, 0.1) is 18.6 Å². The summed E-state index contributed by atoms with van der Waals surface area (Å²) >= 11 is 0. The molecule has 3 aromatic carbocycles. The molecule has 0 saturated carbocycles. The number of rotatable bonds is 12. The number of carbonyl (C=O) groups is 2. The molecule has 4 aromatic rings. The molecular weight excluding hydrogens is 523 g/mol.